The second-order valence-corrected chi connectivity index (χ2v) is 9.73. The summed E-state index contributed by atoms with van der Waals surface area (Å²) in [5.74, 6) is 0.955. The number of hydrogen-bond donors (Lipinski definition) is 2. The Morgan fingerprint density at radius 3 is 2.58 bits per heavy atom. The molecule has 4 rings (SSSR count). The van der Waals surface area contributed by atoms with Gasteiger partial charge in [-0.3, -0.25) is 14.5 Å². The average molecular weight is 589 g/mol. The number of unbranched alkanes of at least 4 members (excludes halogenated alkanes) is 1. The first kappa shape index (κ1) is 31.0. The second-order valence-electron chi connectivity index (χ2n) is 9.73. The highest BCUT2D eigenvalue weighted by Gasteiger charge is 2.21. The number of ether oxygens (including phenoxy) is 3. The first-order chi connectivity index (χ1) is 20.8. The van der Waals surface area contributed by atoms with Crippen molar-refractivity contribution in [2.75, 3.05) is 25.2 Å². The maximum Gasteiger partial charge on any atom is 0.408 e. The van der Waals surface area contributed by atoms with Crippen molar-refractivity contribution >= 4 is 34.8 Å². The van der Waals surface area contributed by atoms with Crippen molar-refractivity contribution < 1.29 is 28.6 Å². The normalized spacial score (nSPS) is 11.5. The number of anilines is 1. The minimum Gasteiger partial charge on any atom is -0.486 e. The molecule has 0 saturated carbocycles. The van der Waals surface area contributed by atoms with E-state index >= 15 is 0 Å². The third-order valence-corrected chi connectivity index (χ3v) is 6.77. The molecule has 4 aromatic rings. The van der Waals surface area contributed by atoms with Gasteiger partial charge in [0.1, 0.15) is 30.2 Å². The summed E-state index contributed by atoms with van der Waals surface area (Å²) in [7, 11) is 3.18. The number of hydrogen-bond acceptors (Lipinski definition) is 9. The van der Waals surface area contributed by atoms with Crippen LogP contribution in [0.5, 0.6) is 5.75 Å². The van der Waals surface area contributed by atoms with E-state index in [1.54, 1.807) is 60.8 Å². The van der Waals surface area contributed by atoms with Crippen molar-refractivity contribution in [3.63, 3.8) is 0 Å². The van der Waals surface area contributed by atoms with Gasteiger partial charge in [-0.1, -0.05) is 31.5 Å². The zero-order chi connectivity index (χ0) is 30.8. The number of fused-ring (bicyclic) bond motifs is 1. The van der Waals surface area contributed by atoms with Crippen molar-refractivity contribution in [1.82, 2.24) is 19.9 Å². The average Bonchev–Trinajstić information content (AvgIpc) is 3.34. The zero-order valence-corrected chi connectivity index (χ0v) is 24.5. The lowest BCUT2D eigenvalue weighted by molar-refractivity contribution is -0.140. The molecular weight excluding hydrogens is 552 g/mol. The van der Waals surface area contributed by atoms with Crippen molar-refractivity contribution in [2.45, 2.75) is 39.0 Å². The lowest BCUT2D eigenvalue weighted by Gasteiger charge is -2.21. The molecule has 0 aliphatic rings. The summed E-state index contributed by atoms with van der Waals surface area (Å²) < 4.78 is 17.7. The van der Waals surface area contributed by atoms with Crippen LogP contribution in [0.2, 0.25) is 0 Å². The molecule has 0 aliphatic carbocycles. The molecule has 0 fully saturated rings. The van der Waals surface area contributed by atoms with Gasteiger partial charge in [-0.15, -0.1) is 0 Å². The summed E-state index contributed by atoms with van der Waals surface area (Å²) in [6.45, 7) is 2.66. The van der Waals surface area contributed by atoms with Crippen LogP contribution < -0.4 is 20.7 Å². The van der Waals surface area contributed by atoms with E-state index in [9.17, 15) is 14.4 Å². The Bertz CT molecular complexity index is 1540. The third kappa shape index (κ3) is 8.07. The molecule has 2 aromatic heterocycles. The maximum absolute atomic E-state index is 13.5. The van der Waals surface area contributed by atoms with Gasteiger partial charge in [-0.2, -0.15) is 0 Å². The van der Waals surface area contributed by atoms with Gasteiger partial charge in [-0.25, -0.2) is 14.8 Å². The van der Waals surface area contributed by atoms with E-state index in [0.717, 1.165) is 18.4 Å². The molecule has 12 heteroatoms. The fraction of sp³-hybridized carbons (Fsp3) is 0.323. The highest BCUT2D eigenvalue weighted by molar-refractivity contribution is 6.07. The minimum atomic E-state index is -0.714. The summed E-state index contributed by atoms with van der Waals surface area (Å²) in [6.07, 6.45) is 2.07. The van der Waals surface area contributed by atoms with Crippen LogP contribution >= 0.6 is 0 Å². The van der Waals surface area contributed by atoms with Crippen molar-refractivity contribution in [2.24, 2.45) is 12.8 Å². The number of nitrogens with one attached hydrogen (secondary N) is 1. The van der Waals surface area contributed by atoms with Crippen molar-refractivity contribution in [3.8, 4) is 5.75 Å². The maximum atomic E-state index is 13.5. The van der Waals surface area contributed by atoms with Crippen molar-refractivity contribution in [1.29, 1.82) is 0 Å². The van der Waals surface area contributed by atoms with Gasteiger partial charge in [0, 0.05) is 25.4 Å². The molecule has 0 radical (unpaired) electrons. The van der Waals surface area contributed by atoms with Crippen LogP contribution in [0.1, 0.15) is 54.1 Å². The number of alkyl carbamates (subject to hydrolysis) is 1. The Kier molecular flexibility index (Phi) is 10.6. The zero-order valence-electron chi connectivity index (χ0n) is 24.5. The summed E-state index contributed by atoms with van der Waals surface area (Å²) in [4.78, 5) is 47.6. The number of amides is 2. The van der Waals surface area contributed by atoms with Gasteiger partial charge in [0.15, 0.2) is 0 Å². The van der Waals surface area contributed by atoms with Gasteiger partial charge < -0.3 is 29.8 Å². The number of pyridine rings is 1. The summed E-state index contributed by atoms with van der Waals surface area (Å²) in [6, 6.07) is 17.6. The van der Waals surface area contributed by atoms with E-state index in [2.05, 4.69) is 10.3 Å². The molecule has 0 saturated heterocycles. The molecule has 1 unspecified atom stereocenters. The number of rotatable bonds is 13. The van der Waals surface area contributed by atoms with E-state index < -0.39 is 18.2 Å². The molecule has 43 heavy (non-hydrogen) atoms. The molecule has 2 heterocycles. The fourth-order valence-electron chi connectivity index (χ4n) is 4.29. The van der Waals surface area contributed by atoms with E-state index in [1.165, 1.54) is 12.0 Å². The quantitative estimate of drug-likeness (QED) is 0.133. The smallest absolute Gasteiger partial charge is 0.408 e. The molecule has 226 valence electrons. The Morgan fingerprint density at radius 2 is 1.88 bits per heavy atom. The van der Waals surface area contributed by atoms with Crippen molar-refractivity contribution in [3.05, 3.63) is 83.8 Å². The van der Waals surface area contributed by atoms with Crippen LogP contribution in [0.3, 0.4) is 0 Å². The topological polar surface area (TPSA) is 151 Å². The van der Waals surface area contributed by atoms with Gasteiger partial charge in [-0.05, 0) is 54.4 Å². The SMILES string of the molecule is CCCCOC(=O)NC(N)c1ccc(OCc2nc3cc(C(=O)N(CCC(=O)OC)c4ccccn4)ccc3n2C)cc1. The van der Waals surface area contributed by atoms with Gasteiger partial charge in [0.25, 0.3) is 5.91 Å². The summed E-state index contributed by atoms with van der Waals surface area (Å²) in [5.41, 5.74) is 8.64. The molecule has 2 aromatic carbocycles. The van der Waals surface area contributed by atoms with E-state index in [4.69, 9.17) is 24.9 Å². The highest BCUT2D eigenvalue weighted by Crippen LogP contribution is 2.22. The number of methoxy groups -OCH3 is 1. The lowest BCUT2D eigenvalue weighted by Crippen LogP contribution is -2.34. The predicted molar refractivity (Wildman–Crippen MR) is 160 cm³/mol. The van der Waals surface area contributed by atoms with E-state index in [-0.39, 0.29) is 25.5 Å². The Hall–Kier alpha value is -4.97. The minimum absolute atomic E-state index is 0.0289. The van der Waals surface area contributed by atoms with Crippen LogP contribution in [0.4, 0.5) is 10.6 Å². The van der Waals surface area contributed by atoms with E-state index in [0.29, 0.717) is 40.6 Å². The first-order valence-corrected chi connectivity index (χ1v) is 14.0. The molecule has 3 N–H and O–H groups in total. The summed E-state index contributed by atoms with van der Waals surface area (Å²) >= 11 is 0. The van der Waals surface area contributed by atoms with Crippen LogP contribution in [0.25, 0.3) is 11.0 Å². The van der Waals surface area contributed by atoms with Gasteiger partial charge >= 0.3 is 12.1 Å². The predicted octanol–water partition coefficient (Wildman–Crippen LogP) is 4.24. The molecule has 2 amide bonds. The van der Waals surface area contributed by atoms with Crippen LogP contribution in [0, 0.1) is 0 Å². The Balaban J connectivity index is 1.42. The number of aryl methyl sites for hydroxylation is 1. The monoisotopic (exact) mass is 588 g/mol. The molecule has 0 spiro atoms. The number of esters is 1. The largest absolute Gasteiger partial charge is 0.486 e. The lowest BCUT2D eigenvalue weighted by atomic mass is 10.1. The number of nitrogens with two attached hydrogens (primary N) is 1. The van der Waals surface area contributed by atoms with Gasteiger partial charge in [0.05, 0.1) is 31.2 Å². The number of carbonyl (C=O) groups excluding carboxylic acids is 3. The number of carbonyl (C=O) groups is 3. The fourth-order valence-corrected chi connectivity index (χ4v) is 4.29. The van der Waals surface area contributed by atoms with Crippen LogP contribution in [0.15, 0.2) is 66.9 Å². The molecule has 0 bridgehead atoms. The summed E-state index contributed by atoms with van der Waals surface area (Å²) in [5, 5.41) is 2.61. The second kappa shape index (κ2) is 14.8. The van der Waals surface area contributed by atoms with Crippen LogP contribution in [-0.4, -0.2) is 52.8 Å². The number of nitrogens with zero attached hydrogens (tertiary/aromatic N) is 4. The molecular formula is C31H36N6O6. The first-order valence-electron chi connectivity index (χ1n) is 14.0. The highest BCUT2D eigenvalue weighted by atomic mass is 16.5. The third-order valence-electron chi connectivity index (χ3n) is 6.77. The van der Waals surface area contributed by atoms with Gasteiger partial charge in [0.2, 0.25) is 0 Å². The number of aromatic nitrogens is 3. The van der Waals surface area contributed by atoms with Crippen LogP contribution in [-0.2, 0) is 27.9 Å². The van der Waals surface area contributed by atoms with E-state index in [1.807, 2.05) is 24.6 Å². The molecule has 1 atom stereocenters. The number of benzene rings is 2. The number of imidazole rings is 1. The molecule has 0 aliphatic heterocycles. The molecule has 12 nitrogen and oxygen atoms in total. The Labute approximate surface area is 249 Å². The standard InChI is InChI=1S/C31H36N6O6/c1-4-5-18-42-31(40)35-29(32)21-9-12-23(13-10-21)43-20-27-34-24-19-22(11-14-25(24)36(27)2)30(39)37(17-15-28(38)41-3)26-8-6-7-16-33-26/h6-14,16,19,29H,4-5,15,17-18,20,32H2,1-3H3,(H,35,40). The Morgan fingerprint density at radius 1 is 1.09 bits per heavy atom.